The lowest BCUT2D eigenvalue weighted by Gasteiger charge is -2.12. The highest BCUT2D eigenvalue weighted by Gasteiger charge is 2.17. The number of nitrogens with zero attached hydrogens (tertiary/aromatic N) is 5. The molecule has 5 heteroatoms. The first-order valence-electron chi connectivity index (χ1n) is 18.8. The fourth-order valence-corrected chi connectivity index (χ4v) is 8.26. The second-order valence-electron chi connectivity index (χ2n) is 14.1. The van der Waals surface area contributed by atoms with Gasteiger partial charge in [0.15, 0.2) is 0 Å². The number of fused-ring (bicyclic) bond motifs is 6. The molecule has 0 N–H and O–H groups in total. The molecule has 0 fully saturated rings. The Bertz CT molecular complexity index is 3160. The van der Waals surface area contributed by atoms with E-state index in [2.05, 4.69) is 171 Å². The van der Waals surface area contributed by atoms with Crippen molar-refractivity contribution < 1.29 is 0 Å². The molecular formula is C51H33N5. The molecule has 0 aliphatic carbocycles. The Morgan fingerprint density at radius 2 is 0.857 bits per heavy atom. The van der Waals surface area contributed by atoms with E-state index in [0.29, 0.717) is 0 Å². The molecule has 262 valence electrons. The molecule has 0 bridgehead atoms. The Hall–Kier alpha value is -7.63. The fourth-order valence-electron chi connectivity index (χ4n) is 8.26. The first-order valence-corrected chi connectivity index (χ1v) is 18.8. The highest BCUT2D eigenvalue weighted by molar-refractivity contribution is 6.11. The number of pyridine rings is 3. The van der Waals surface area contributed by atoms with Crippen LogP contribution in [0, 0.1) is 0 Å². The minimum absolute atomic E-state index is 0.929. The minimum atomic E-state index is 0.929. The number of aromatic nitrogens is 5. The van der Waals surface area contributed by atoms with Gasteiger partial charge in [0.2, 0.25) is 0 Å². The molecule has 0 unspecified atom stereocenters. The van der Waals surface area contributed by atoms with Gasteiger partial charge in [-0.1, -0.05) is 72.8 Å². The molecule has 0 aliphatic rings. The Labute approximate surface area is 323 Å². The second kappa shape index (κ2) is 13.0. The summed E-state index contributed by atoms with van der Waals surface area (Å²) in [5.74, 6) is 0. The van der Waals surface area contributed by atoms with Crippen LogP contribution in [0.4, 0.5) is 0 Å². The standard InChI is InChI=1S/C51H33N5/c1-2-11-40(12-3-1)55-47-16-5-4-13-42(47)44-32-35(21-25-48(44)55)36-20-24-43-50(33-36)56(49-17-10-28-54-51(43)49)41-22-18-34(19-23-41)37-29-38(45-14-6-8-26-52-45)31-39(30-37)46-15-7-9-27-53-46/h1-33H. The van der Waals surface area contributed by atoms with Crippen molar-refractivity contribution in [1.29, 1.82) is 0 Å². The van der Waals surface area contributed by atoms with Crippen LogP contribution in [0.25, 0.3) is 99.9 Å². The van der Waals surface area contributed by atoms with Crippen molar-refractivity contribution in [2.45, 2.75) is 0 Å². The zero-order chi connectivity index (χ0) is 37.0. The van der Waals surface area contributed by atoms with E-state index in [1.54, 1.807) is 0 Å². The summed E-state index contributed by atoms with van der Waals surface area (Å²) in [6.07, 6.45) is 5.56. The summed E-state index contributed by atoms with van der Waals surface area (Å²) >= 11 is 0. The third-order valence-corrected chi connectivity index (χ3v) is 10.9. The van der Waals surface area contributed by atoms with Gasteiger partial charge in [-0.3, -0.25) is 15.0 Å². The summed E-state index contributed by atoms with van der Waals surface area (Å²) in [6.45, 7) is 0. The first-order chi connectivity index (χ1) is 27.8. The van der Waals surface area contributed by atoms with E-state index in [-0.39, 0.29) is 0 Å². The zero-order valence-corrected chi connectivity index (χ0v) is 30.3. The minimum Gasteiger partial charge on any atom is -0.309 e. The van der Waals surface area contributed by atoms with Gasteiger partial charge in [-0.25, -0.2) is 0 Å². The van der Waals surface area contributed by atoms with Crippen molar-refractivity contribution in [2.24, 2.45) is 0 Å². The maximum absolute atomic E-state index is 4.87. The highest BCUT2D eigenvalue weighted by atomic mass is 15.0. The van der Waals surface area contributed by atoms with Gasteiger partial charge in [0.1, 0.15) is 0 Å². The predicted octanol–water partition coefficient (Wildman–Crippen LogP) is 12.7. The predicted molar refractivity (Wildman–Crippen MR) is 230 cm³/mol. The Morgan fingerprint density at radius 1 is 0.286 bits per heavy atom. The Kier molecular flexibility index (Phi) is 7.42. The molecule has 0 atom stereocenters. The number of para-hydroxylation sites is 2. The molecule has 11 aromatic rings. The number of hydrogen-bond donors (Lipinski definition) is 0. The Morgan fingerprint density at radius 3 is 1.61 bits per heavy atom. The van der Waals surface area contributed by atoms with Crippen LogP contribution in [0.5, 0.6) is 0 Å². The second-order valence-corrected chi connectivity index (χ2v) is 14.1. The normalized spacial score (nSPS) is 11.6. The van der Waals surface area contributed by atoms with Gasteiger partial charge in [0.05, 0.1) is 39.0 Å². The van der Waals surface area contributed by atoms with Gasteiger partial charge in [0.25, 0.3) is 0 Å². The van der Waals surface area contributed by atoms with Crippen LogP contribution in [0.3, 0.4) is 0 Å². The van der Waals surface area contributed by atoms with Gasteiger partial charge >= 0.3 is 0 Å². The van der Waals surface area contributed by atoms with Crippen LogP contribution in [0.2, 0.25) is 0 Å². The maximum Gasteiger partial charge on any atom is 0.0963 e. The summed E-state index contributed by atoms with van der Waals surface area (Å²) in [5.41, 5.74) is 16.3. The topological polar surface area (TPSA) is 48.5 Å². The molecule has 0 spiro atoms. The van der Waals surface area contributed by atoms with Gasteiger partial charge in [-0.2, -0.15) is 0 Å². The molecule has 6 aromatic carbocycles. The maximum atomic E-state index is 4.87. The van der Waals surface area contributed by atoms with Crippen LogP contribution >= 0.6 is 0 Å². The zero-order valence-electron chi connectivity index (χ0n) is 30.3. The van der Waals surface area contributed by atoms with E-state index in [1.807, 2.05) is 48.9 Å². The molecule has 5 nitrogen and oxygen atoms in total. The molecule has 0 aliphatic heterocycles. The average Bonchev–Trinajstić information content (AvgIpc) is 3.79. The van der Waals surface area contributed by atoms with Crippen molar-refractivity contribution >= 4 is 43.7 Å². The molecule has 5 aromatic heterocycles. The molecule has 0 amide bonds. The molecular weight excluding hydrogens is 683 g/mol. The van der Waals surface area contributed by atoms with E-state index >= 15 is 0 Å². The van der Waals surface area contributed by atoms with Crippen molar-refractivity contribution in [3.05, 3.63) is 201 Å². The van der Waals surface area contributed by atoms with E-state index in [1.165, 1.54) is 27.4 Å². The summed E-state index contributed by atoms with van der Waals surface area (Å²) < 4.78 is 4.70. The smallest absolute Gasteiger partial charge is 0.0963 e. The van der Waals surface area contributed by atoms with Crippen molar-refractivity contribution in [3.8, 4) is 56.1 Å². The van der Waals surface area contributed by atoms with E-state index in [9.17, 15) is 0 Å². The van der Waals surface area contributed by atoms with Crippen LogP contribution in [0.15, 0.2) is 201 Å². The van der Waals surface area contributed by atoms with Crippen LogP contribution in [0.1, 0.15) is 0 Å². The van der Waals surface area contributed by atoms with Gasteiger partial charge in [-0.15, -0.1) is 0 Å². The van der Waals surface area contributed by atoms with Gasteiger partial charge in [0, 0.05) is 57.3 Å². The molecule has 5 heterocycles. The van der Waals surface area contributed by atoms with Crippen molar-refractivity contribution in [3.63, 3.8) is 0 Å². The van der Waals surface area contributed by atoms with Crippen molar-refractivity contribution in [2.75, 3.05) is 0 Å². The quantitative estimate of drug-likeness (QED) is 0.172. The van der Waals surface area contributed by atoms with Gasteiger partial charge in [-0.05, 0) is 131 Å². The summed E-state index contributed by atoms with van der Waals surface area (Å²) in [7, 11) is 0. The lowest BCUT2D eigenvalue weighted by atomic mass is 9.96. The van der Waals surface area contributed by atoms with Crippen molar-refractivity contribution in [1.82, 2.24) is 24.1 Å². The van der Waals surface area contributed by atoms with Crippen LogP contribution in [-0.4, -0.2) is 24.1 Å². The third kappa shape index (κ3) is 5.29. The molecule has 0 radical (unpaired) electrons. The largest absolute Gasteiger partial charge is 0.309 e. The van der Waals surface area contributed by atoms with Crippen LogP contribution in [-0.2, 0) is 0 Å². The van der Waals surface area contributed by atoms with Gasteiger partial charge < -0.3 is 9.13 Å². The first kappa shape index (κ1) is 31.9. The lowest BCUT2D eigenvalue weighted by Crippen LogP contribution is -1.95. The summed E-state index contributed by atoms with van der Waals surface area (Å²) in [5, 5.41) is 3.60. The third-order valence-electron chi connectivity index (χ3n) is 10.9. The Balaban J connectivity index is 1.03. The number of rotatable bonds is 6. The molecule has 11 rings (SSSR count). The van der Waals surface area contributed by atoms with E-state index in [4.69, 9.17) is 4.98 Å². The fraction of sp³-hybridized carbons (Fsp3) is 0. The monoisotopic (exact) mass is 715 g/mol. The average molecular weight is 716 g/mol. The highest BCUT2D eigenvalue weighted by Crippen LogP contribution is 2.38. The van der Waals surface area contributed by atoms with E-state index < -0.39 is 0 Å². The summed E-state index contributed by atoms with van der Waals surface area (Å²) in [6, 6.07) is 64.6. The van der Waals surface area contributed by atoms with E-state index in [0.717, 1.165) is 72.5 Å². The SMILES string of the molecule is c1ccc(-n2c3ccccc3c3cc(-c4ccc5c6ncccc6n(-c6ccc(-c7cc(-c8ccccn8)cc(-c8ccccn8)c7)cc6)c5c4)ccc32)cc1. The van der Waals surface area contributed by atoms with Crippen LogP contribution < -0.4 is 0 Å². The number of hydrogen-bond acceptors (Lipinski definition) is 3. The number of benzene rings is 6. The lowest BCUT2D eigenvalue weighted by molar-refractivity contribution is 1.18. The molecule has 56 heavy (non-hydrogen) atoms. The summed E-state index contributed by atoms with van der Waals surface area (Å²) in [4.78, 5) is 14.2. The molecule has 0 saturated heterocycles. The molecule has 0 saturated carbocycles.